The van der Waals surface area contributed by atoms with E-state index in [4.69, 9.17) is 16.9 Å². The summed E-state index contributed by atoms with van der Waals surface area (Å²) in [5.41, 5.74) is 6.70. The molecule has 64 valence electrons. The Kier molecular flexibility index (Phi) is 4.40. The molecule has 0 aliphatic rings. The van der Waals surface area contributed by atoms with Gasteiger partial charge in [-0.2, -0.15) is 0 Å². The quantitative estimate of drug-likeness (QED) is 0.389. The lowest BCUT2D eigenvalue weighted by Crippen LogP contribution is -2.04. The highest BCUT2D eigenvalue weighted by molar-refractivity contribution is 5.44. The highest BCUT2D eigenvalue weighted by atomic mass is 16.5. The van der Waals surface area contributed by atoms with Crippen molar-refractivity contribution in [3.8, 4) is 12.3 Å². The van der Waals surface area contributed by atoms with Crippen molar-refractivity contribution in [2.75, 3.05) is 7.11 Å². The molecule has 0 heterocycles. The van der Waals surface area contributed by atoms with Crippen LogP contribution in [-0.2, 0) is 4.74 Å². The number of rotatable bonds is 3. The molecule has 0 aromatic carbocycles. The van der Waals surface area contributed by atoms with E-state index in [9.17, 15) is 0 Å². The number of terminal acetylenes is 1. The van der Waals surface area contributed by atoms with Gasteiger partial charge in [0.15, 0.2) is 5.76 Å². The first-order valence-corrected chi connectivity index (χ1v) is 3.50. The molecule has 12 heavy (non-hydrogen) atoms. The SMILES string of the molecule is C#C/C(C=C)=C(OC)/C(N)=C\C. The van der Waals surface area contributed by atoms with Gasteiger partial charge in [0.2, 0.25) is 0 Å². The van der Waals surface area contributed by atoms with Gasteiger partial charge in [0.05, 0.1) is 18.4 Å². The summed E-state index contributed by atoms with van der Waals surface area (Å²) in [5.74, 6) is 2.93. The van der Waals surface area contributed by atoms with Crippen molar-refractivity contribution in [1.29, 1.82) is 0 Å². The summed E-state index contributed by atoms with van der Waals surface area (Å²) in [6.07, 6.45) is 8.47. The fourth-order valence-electron chi connectivity index (χ4n) is 0.732. The Hall–Kier alpha value is -1.62. The van der Waals surface area contributed by atoms with Crippen LogP contribution in [0, 0.1) is 12.3 Å². The molecule has 2 N–H and O–H groups in total. The van der Waals surface area contributed by atoms with Gasteiger partial charge in [-0.05, 0) is 13.0 Å². The lowest BCUT2D eigenvalue weighted by Gasteiger charge is -2.06. The summed E-state index contributed by atoms with van der Waals surface area (Å²) in [6.45, 7) is 5.37. The number of nitrogens with two attached hydrogens (primary N) is 1. The predicted molar refractivity (Wildman–Crippen MR) is 51.0 cm³/mol. The molecule has 0 radical (unpaired) electrons. The third kappa shape index (κ3) is 2.21. The fourth-order valence-corrected chi connectivity index (χ4v) is 0.732. The Morgan fingerprint density at radius 3 is 2.50 bits per heavy atom. The van der Waals surface area contributed by atoms with E-state index in [1.165, 1.54) is 13.2 Å². The van der Waals surface area contributed by atoms with E-state index in [1.807, 2.05) is 6.92 Å². The lowest BCUT2D eigenvalue weighted by atomic mass is 10.2. The second-order valence-corrected chi connectivity index (χ2v) is 2.04. The minimum Gasteiger partial charge on any atom is -0.493 e. The Bertz CT molecular complexity index is 266. The van der Waals surface area contributed by atoms with Gasteiger partial charge in [-0.3, -0.25) is 0 Å². The summed E-state index contributed by atoms with van der Waals surface area (Å²) >= 11 is 0. The van der Waals surface area contributed by atoms with Gasteiger partial charge in [-0.25, -0.2) is 0 Å². The van der Waals surface area contributed by atoms with Crippen LogP contribution in [0.1, 0.15) is 6.92 Å². The van der Waals surface area contributed by atoms with Crippen LogP contribution >= 0.6 is 0 Å². The van der Waals surface area contributed by atoms with Crippen LogP contribution in [0.5, 0.6) is 0 Å². The van der Waals surface area contributed by atoms with Gasteiger partial charge in [0.1, 0.15) is 0 Å². The summed E-state index contributed by atoms with van der Waals surface area (Å²) in [6, 6.07) is 0. The normalized spacial score (nSPS) is 12.9. The lowest BCUT2D eigenvalue weighted by molar-refractivity contribution is 0.298. The molecule has 0 aliphatic carbocycles. The zero-order chi connectivity index (χ0) is 9.56. The number of hydrogen-bond donors (Lipinski definition) is 1. The van der Waals surface area contributed by atoms with Crippen LogP contribution in [-0.4, -0.2) is 7.11 Å². The summed E-state index contributed by atoms with van der Waals surface area (Å²) < 4.78 is 5.02. The maximum absolute atomic E-state index is 5.61. The minimum atomic E-state index is 0.495. The molecule has 0 aromatic heterocycles. The van der Waals surface area contributed by atoms with Crippen LogP contribution in [0.4, 0.5) is 0 Å². The molecular formula is C10H13NO. The molecule has 0 saturated heterocycles. The highest BCUT2D eigenvalue weighted by Crippen LogP contribution is 2.11. The molecule has 0 fully saturated rings. The molecule has 0 rings (SSSR count). The minimum absolute atomic E-state index is 0.495. The molecule has 0 atom stereocenters. The van der Waals surface area contributed by atoms with Gasteiger partial charge in [0, 0.05) is 0 Å². The van der Waals surface area contributed by atoms with Crippen LogP contribution in [0.3, 0.4) is 0 Å². The van der Waals surface area contributed by atoms with Crippen LogP contribution < -0.4 is 5.73 Å². The highest BCUT2D eigenvalue weighted by Gasteiger charge is 2.03. The van der Waals surface area contributed by atoms with Crippen molar-refractivity contribution in [3.05, 3.63) is 35.8 Å². The second-order valence-electron chi connectivity index (χ2n) is 2.04. The van der Waals surface area contributed by atoms with E-state index in [0.717, 1.165) is 0 Å². The first-order chi connectivity index (χ1) is 5.71. The molecule has 0 spiro atoms. The topological polar surface area (TPSA) is 35.2 Å². The monoisotopic (exact) mass is 163 g/mol. The molecule has 0 unspecified atom stereocenters. The molecule has 0 bridgehead atoms. The van der Waals surface area contributed by atoms with Gasteiger partial charge in [-0.1, -0.05) is 18.6 Å². The number of methoxy groups -OCH3 is 1. The first kappa shape index (κ1) is 10.4. The van der Waals surface area contributed by atoms with Crippen molar-refractivity contribution < 1.29 is 4.74 Å². The zero-order valence-electron chi connectivity index (χ0n) is 7.42. The van der Waals surface area contributed by atoms with Gasteiger partial charge in [0.25, 0.3) is 0 Å². The summed E-state index contributed by atoms with van der Waals surface area (Å²) in [5, 5.41) is 0. The van der Waals surface area contributed by atoms with E-state index < -0.39 is 0 Å². The Balaban J connectivity index is 5.13. The third-order valence-electron chi connectivity index (χ3n) is 1.38. The van der Waals surface area contributed by atoms with Crippen molar-refractivity contribution in [2.24, 2.45) is 5.73 Å². The number of hydrogen-bond acceptors (Lipinski definition) is 2. The largest absolute Gasteiger partial charge is 0.493 e. The number of ether oxygens (including phenoxy) is 1. The van der Waals surface area contributed by atoms with Crippen LogP contribution in [0.15, 0.2) is 35.8 Å². The average molecular weight is 163 g/mol. The average Bonchev–Trinajstić information content (AvgIpc) is 2.12. The van der Waals surface area contributed by atoms with Crippen LogP contribution in [0.25, 0.3) is 0 Å². The van der Waals surface area contributed by atoms with E-state index >= 15 is 0 Å². The first-order valence-electron chi connectivity index (χ1n) is 3.50. The third-order valence-corrected chi connectivity index (χ3v) is 1.38. The second kappa shape index (κ2) is 5.09. The van der Waals surface area contributed by atoms with Crippen molar-refractivity contribution in [1.82, 2.24) is 0 Å². The standard InChI is InChI=1S/C10H13NO/c1-5-8(6-2)10(12-4)9(11)7-3/h1,6-7H,2,11H2,3-4H3/b9-7+,10-8+. The zero-order valence-corrected chi connectivity index (χ0v) is 7.42. The molecule has 0 saturated carbocycles. The molecular weight excluding hydrogens is 150 g/mol. The van der Waals surface area contributed by atoms with E-state index in [1.54, 1.807) is 6.08 Å². The molecule has 0 aromatic rings. The van der Waals surface area contributed by atoms with Gasteiger partial charge >= 0.3 is 0 Å². The van der Waals surface area contributed by atoms with E-state index in [2.05, 4.69) is 12.5 Å². The van der Waals surface area contributed by atoms with Crippen LogP contribution in [0.2, 0.25) is 0 Å². The van der Waals surface area contributed by atoms with Crippen molar-refractivity contribution in [3.63, 3.8) is 0 Å². The summed E-state index contributed by atoms with van der Waals surface area (Å²) in [4.78, 5) is 0. The molecule has 0 aliphatic heterocycles. The maximum atomic E-state index is 5.61. The van der Waals surface area contributed by atoms with Crippen molar-refractivity contribution >= 4 is 0 Å². The van der Waals surface area contributed by atoms with Gasteiger partial charge in [-0.15, -0.1) is 6.42 Å². The maximum Gasteiger partial charge on any atom is 0.156 e. The van der Waals surface area contributed by atoms with E-state index in [0.29, 0.717) is 17.0 Å². The van der Waals surface area contributed by atoms with Crippen molar-refractivity contribution in [2.45, 2.75) is 6.92 Å². The molecule has 2 heteroatoms. The fraction of sp³-hybridized carbons (Fsp3) is 0.200. The predicted octanol–water partition coefficient (Wildman–Crippen LogP) is 1.57. The van der Waals surface area contributed by atoms with E-state index in [-0.39, 0.29) is 0 Å². The number of allylic oxidation sites excluding steroid dienone is 3. The Labute approximate surface area is 73.4 Å². The molecule has 0 amide bonds. The smallest absolute Gasteiger partial charge is 0.156 e. The Morgan fingerprint density at radius 1 is 1.67 bits per heavy atom. The summed E-state index contributed by atoms with van der Waals surface area (Å²) in [7, 11) is 1.52. The van der Waals surface area contributed by atoms with Gasteiger partial charge < -0.3 is 10.5 Å². The molecule has 2 nitrogen and oxygen atoms in total. The Morgan fingerprint density at radius 2 is 2.25 bits per heavy atom.